The summed E-state index contributed by atoms with van der Waals surface area (Å²) in [5.74, 6) is 2.79. The van der Waals surface area contributed by atoms with Crippen molar-refractivity contribution in [2.45, 2.75) is 54.0 Å². The summed E-state index contributed by atoms with van der Waals surface area (Å²) >= 11 is 0. The van der Waals surface area contributed by atoms with E-state index in [1.54, 1.807) is 0 Å². The molecule has 0 amide bonds. The molecule has 0 radical (unpaired) electrons. The van der Waals surface area contributed by atoms with Crippen molar-refractivity contribution in [1.82, 2.24) is 10.3 Å². The fourth-order valence-electron chi connectivity index (χ4n) is 3.17. The molecule has 2 atom stereocenters. The third-order valence-corrected chi connectivity index (χ3v) is 4.82. The van der Waals surface area contributed by atoms with E-state index in [-0.39, 0.29) is 0 Å². The quantitative estimate of drug-likeness (QED) is 0.838. The second-order valence-corrected chi connectivity index (χ2v) is 6.75. The van der Waals surface area contributed by atoms with E-state index in [1.807, 2.05) is 0 Å². The Morgan fingerprint density at radius 3 is 2.71 bits per heavy atom. The maximum atomic E-state index is 4.88. The number of pyridine rings is 1. The summed E-state index contributed by atoms with van der Waals surface area (Å²) in [5, 5.41) is 3.54. The minimum Gasteiger partial charge on any atom is -0.356 e. The van der Waals surface area contributed by atoms with Crippen LogP contribution < -0.4 is 10.2 Å². The second-order valence-electron chi connectivity index (χ2n) is 6.75. The predicted octanol–water partition coefficient (Wildman–Crippen LogP) is 3.68. The maximum absolute atomic E-state index is 4.88. The van der Waals surface area contributed by atoms with E-state index in [4.69, 9.17) is 4.98 Å². The summed E-state index contributed by atoms with van der Waals surface area (Å²) in [6.07, 6.45) is 2.45. The van der Waals surface area contributed by atoms with Crippen molar-refractivity contribution < 1.29 is 0 Å². The Morgan fingerprint density at radius 1 is 1.29 bits per heavy atom. The molecule has 0 aliphatic carbocycles. The molecule has 2 rings (SSSR count). The van der Waals surface area contributed by atoms with E-state index in [1.165, 1.54) is 29.8 Å². The first kappa shape index (κ1) is 16.3. The summed E-state index contributed by atoms with van der Waals surface area (Å²) in [6.45, 7) is 15.6. The first-order chi connectivity index (χ1) is 10.0. The van der Waals surface area contributed by atoms with Crippen molar-refractivity contribution in [3.8, 4) is 0 Å². The Hall–Kier alpha value is -1.09. The van der Waals surface area contributed by atoms with Gasteiger partial charge in [-0.25, -0.2) is 4.98 Å². The second kappa shape index (κ2) is 7.26. The lowest BCUT2D eigenvalue weighted by molar-refractivity contribution is 0.322. The van der Waals surface area contributed by atoms with Crippen molar-refractivity contribution >= 4 is 5.82 Å². The summed E-state index contributed by atoms with van der Waals surface area (Å²) < 4.78 is 0. The molecule has 118 valence electrons. The van der Waals surface area contributed by atoms with Gasteiger partial charge in [0.25, 0.3) is 0 Å². The van der Waals surface area contributed by atoms with E-state index in [9.17, 15) is 0 Å². The van der Waals surface area contributed by atoms with Crippen LogP contribution in [0.1, 0.15) is 50.4 Å². The highest BCUT2D eigenvalue weighted by Gasteiger charge is 2.25. The van der Waals surface area contributed by atoms with Crippen LogP contribution >= 0.6 is 0 Å². The molecule has 1 aliphatic rings. The first-order valence-electron chi connectivity index (χ1n) is 8.45. The van der Waals surface area contributed by atoms with Crippen molar-refractivity contribution in [2.24, 2.45) is 11.8 Å². The molecule has 1 aromatic heterocycles. The predicted molar refractivity (Wildman–Crippen MR) is 90.9 cm³/mol. The van der Waals surface area contributed by atoms with Gasteiger partial charge in [-0.15, -0.1) is 0 Å². The number of nitrogens with zero attached hydrogens (tertiary/aromatic N) is 2. The standard InChI is InChI=1S/C18H31N3/c1-6-8-19-11-17-14(3)10-16(5)20-18(17)21-9-7-13(2)15(4)12-21/h10,13,15,19H,6-9,11-12H2,1-5H3. The lowest BCUT2D eigenvalue weighted by atomic mass is 9.88. The zero-order valence-corrected chi connectivity index (χ0v) is 14.4. The molecule has 0 spiro atoms. The number of aryl methyl sites for hydroxylation is 2. The Morgan fingerprint density at radius 2 is 2.05 bits per heavy atom. The molecule has 21 heavy (non-hydrogen) atoms. The molecule has 2 unspecified atom stereocenters. The Labute approximate surface area is 130 Å². The molecular weight excluding hydrogens is 258 g/mol. The van der Waals surface area contributed by atoms with Crippen LogP contribution in [-0.4, -0.2) is 24.6 Å². The van der Waals surface area contributed by atoms with E-state index in [0.29, 0.717) is 0 Å². The number of aromatic nitrogens is 1. The third-order valence-electron chi connectivity index (χ3n) is 4.82. The van der Waals surface area contributed by atoms with Crippen molar-refractivity contribution in [3.63, 3.8) is 0 Å². The van der Waals surface area contributed by atoms with Crippen LogP contribution in [-0.2, 0) is 6.54 Å². The number of rotatable bonds is 5. The van der Waals surface area contributed by atoms with E-state index in [2.05, 4.69) is 50.9 Å². The van der Waals surface area contributed by atoms with Crippen molar-refractivity contribution in [3.05, 3.63) is 22.9 Å². The number of nitrogens with one attached hydrogen (secondary N) is 1. The Bertz CT molecular complexity index is 470. The normalized spacial score (nSPS) is 22.6. The molecule has 1 saturated heterocycles. The lowest BCUT2D eigenvalue weighted by Gasteiger charge is -2.37. The third kappa shape index (κ3) is 3.97. The van der Waals surface area contributed by atoms with Gasteiger partial charge in [0, 0.05) is 30.9 Å². The molecule has 0 aromatic carbocycles. The molecular formula is C18H31N3. The summed E-state index contributed by atoms with van der Waals surface area (Å²) in [6, 6.07) is 2.21. The summed E-state index contributed by atoms with van der Waals surface area (Å²) in [4.78, 5) is 7.39. The van der Waals surface area contributed by atoms with E-state index < -0.39 is 0 Å². The largest absolute Gasteiger partial charge is 0.356 e. The molecule has 1 aromatic rings. The van der Waals surface area contributed by atoms with Crippen LogP contribution in [0.5, 0.6) is 0 Å². The van der Waals surface area contributed by atoms with Crippen molar-refractivity contribution in [1.29, 1.82) is 0 Å². The van der Waals surface area contributed by atoms with Crippen LogP contribution in [0.25, 0.3) is 0 Å². The summed E-state index contributed by atoms with van der Waals surface area (Å²) in [7, 11) is 0. The zero-order valence-electron chi connectivity index (χ0n) is 14.4. The lowest BCUT2D eigenvalue weighted by Crippen LogP contribution is -2.39. The van der Waals surface area contributed by atoms with Crippen LogP contribution in [0, 0.1) is 25.7 Å². The molecule has 0 bridgehead atoms. The minimum atomic E-state index is 0.748. The van der Waals surface area contributed by atoms with Gasteiger partial charge in [-0.3, -0.25) is 0 Å². The average molecular weight is 289 g/mol. The highest BCUT2D eigenvalue weighted by atomic mass is 15.2. The first-order valence-corrected chi connectivity index (χ1v) is 8.45. The molecule has 1 N–H and O–H groups in total. The average Bonchev–Trinajstić information content (AvgIpc) is 2.44. The van der Waals surface area contributed by atoms with Gasteiger partial charge in [0.15, 0.2) is 0 Å². The van der Waals surface area contributed by atoms with Gasteiger partial charge in [-0.2, -0.15) is 0 Å². The number of piperidine rings is 1. The zero-order chi connectivity index (χ0) is 15.4. The SMILES string of the molecule is CCCNCc1c(C)cc(C)nc1N1CCC(C)C(C)C1. The van der Waals surface area contributed by atoms with E-state index in [0.717, 1.165) is 43.7 Å². The van der Waals surface area contributed by atoms with Crippen LogP contribution in [0.2, 0.25) is 0 Å². The molecule has 3 heteroatoms. The maximum Gasteiger partial charge on any atom is 0.133 e. The monoisotopic (exact) mass is 289 g/mol. The smallest absolute Gasteiger partial charge is 0.133 e. The molecule has 3 nitrogen and oxygen atoms in total. The molecule has 1 fully saturated rings. The van der Waals surface area contributed by atoms with Gasteiger partial charge in [0.1, 0.15) is 5.82 Å². The van der Waals surface area contributed by atoms with Crippen molar-refractivity contribution in [2.75, 3.05) is 24.5 Å². The molecule has 0 saturated carbocycles. The topological polar surface area (TPSA) is 28.2 Å². The molecule has 1 aliphatic heterocycles. The number of hydrogen-bond acceptors (Lipinski definition) is 3. The summed E-state index contributed by atoms with van der Waals surface area (Å²) in [5.41, 5.74) is 3.89. The Kier molecular flexibility index (Phi) is 5.63. The fraction of sp³-hybridized carbons (Fsp3) is 0.722. The fourth-order valence-corrected chi connectivity index (χ4v) is 3.17. The van der Waals surface area contributed by atoms with Gasteiger partial charge in [-0.1, -0.05) is 20.8 Å². The van der Waals surface area contributed by atoms with Gasteiger partial charge in [0.05, 0.1) is 0 Å². The van der Waals surface area contributed by atoms with E-state index >= 15 is 0 Å². The van der Waals surface area contributed by atoms with Gasteiger partial charge in [-0.05, 0) is 56.7 Å². The van der Waals surface area contributed by atoms with Gasteiger partial charge in [0.2, 0.25) is 0 Å². The van der Waals surface area contributed by atoms with Crippen LogP contribution in [0.15, 0.2) is 6.07 Å². The Balaban J connectivity index is 2.24. The number of hydrogen-bond donors (Lipinski definition) is 1. The van der Waals surface area contributed by atoms with Gasteiger partial charge < -0.3 is 10.2 Å². The van der Waals surface area contributed by atoms with Gasteiger partial charge >= 0.3 is 0 Å². The minimum absolute atomic E-state index is 0.748. The molecule has 2 heterocycles. The number of anilines is 1. The highest BCUT2D eigenvalue weighted by molar-refractivity contribution is 5.52. The van der Waals surface area contributed by atoms with Crippen LogP contribution in [0.3, 0.4) is 0 Å². The highest BCUT2D eigenvalue weighted by Crippen LogP contribution is 2.29. The van der Waals surface area contributed by atoms with Crippen LogP contribution in [0.4, 0.5) is 5.82 Å².